The maximum absolute atomic E-state index is 11.3. The van der Waals surface area contributed by atoms with Crippen molar-refractivity contribution in [2.45, 2.75) is 57.7 Å². The van der Waals surface area contributed by atoms with Gasteiger partial charge in [-0.1, -0.05) is 6.92 Å². The molecule has 2 unspecified atom stereocenters. The van der Waals surface area contributed by atoms with Gasteiger partial charge in [0.2, 0.25) is 0 Å². The van der Waals surface area contributed by atoms with Gasteiger partial charge < -0.3 is 10.8 Å². The van der Waals surface area contributed by atoms with Gasteiger partial charge in [-0.2, -0.15) is 0 Å². The maximum Gasteiger partial charge on any atom is 0.325 e. The predicted molar refractivity (Wildman–Crippen MR) is 59.7 cm³/mol. The molecule has 4 heteroatoms. The third kappa shape index (κ3) is 2.16. The second kappa shape index (κ2) is 4.49. The number of nitrogens with zero attached hydrogens (tertiary/aromatic N) is 1. The van der Waals surface area contributed by atoms with Gasteiger partial charge in [-0.15, -0.1) is 0 Å². The van der Waals surface area contributed by atoms with Crippen molar-refractivity contribution >= 4 is 5.97 Å². The molecule has 0 saturated carbocycles. The van der Waals surface area contributed by atoms with Gasteiger partial charge in [-0.05, 0) is 39.7 Å². The van der Waals surface area contributed by atoms with E-state index in [1.807, 2.05) is 6.92 Å². The molecule has 1 aliphatic heterocycles. The van der Waals surface area contributed by atoms with E-state index in [2.05, 4.69) is 18.7 Å². The molecular weight excluding hydrogens is 192 g/mol. The van der Waals surface area contributed by atoms with Crippen LogP contribution in [0.4, 0.5) is 0 Å². The van der Waals surface area contributed by atoms with Crippen molar-refractivity contribution in [3.8, 4) is 0 Å². The summed E-state index contributed by atoms with van der Waals surface area (Å²) in [5.41, 5.74) is 4.99. The van der Waals surface area contributed by atoms with E-state index in [4.69, 9.17) is 5.73 Å². The standard InChI is InChI=1S/C11H22N2O2/c1-4-9-11(12,10(14)15)6-5-7-13(9)8(2)3/h8-9H,4-7,12H2,1-3H3,(H,14,15). The minimum atomic E-state index is -1.06. The SMILES string of the molecule is CCC1N(C(C)C)CCCC1(N)C(=O)O. The van der Waals surface area contributed by atoms with Crippen LogP contribution in [0.15, 0.2) is 0 Å². The molecule has 0 bridgehead atoms. The van der Waals surface area contributed by atoms with Crippen molar-refractivity contribution < 1.29 is 9.90 Å². The zero-order chi connectivity index (χ0) is 11.6. The Morgan fingerprint density at radius 3 is 2.67 bits per heavy atom. The fourth-order valence-corrected chi connectivity index (χ4v) is 2.64. The lowest BCUT2D eigenvalue weighted by molar-refractivity contribution is -0.149. The van der Waals surface area contributed by atoms with Crippen molar-refractivity contribution in [1.29, 1.82) is 0 Å². The van der Waals surface area contributed by atoms with Gasteiger partial charge >= 0.3 is 5.97 Å². The fourth-order valence-electron chi connectivity index (χ4n) is 2.64. The van der Waals surface area contributed by atoms with Crippen molar-refractivity contribution in [2.24, 2.45) is 5.73 Å². The first kappa shape index (κ1) is 12.5. The molecule has 0 amide bonds. The first-order valence-corrected chi connectivity index (χ1v) is 5.71. The molecule has 0 aromatic carbocycles. The molecule has 1 aliphatic rings. The number of carboxylic acids is 1. The highest BCUT2D eigenvalue weighted by atomic mass is 16.4. The maximum atomic E-state index is 11.3. The molecule has 0 radical (unpaired) electrons. The summed E-state index contributed by atoms with van der Waals surface area (Å²) in [6.45, 7) is 7.16. The van der Waals surface area contributed by atoms with E-state index >= 15 is 0 Å². The number of rotatable bonds is 3. The fraction of sp³-hybridized carbons (Fsp3) is 0.909. The lowest BCUT2D eigenvalue weighted by Crippen LogP contribution is -2.67. The smallest absolute Gasteiger partial charge is 0.325 e. The monoisotopic (exact) mass is 214 g/mol. The van der Waals surface area contributed by atoms with Crippen LogP contribution in [0, 0.1) is 0 Å². The molecule has 2 atom stereocenters. The van der Waals surface area contributed by atoms with Crippen LogP contribution in [-0.4, -0.2) is 40.1 Å². The van der Waals surface area contributed by atoms with Crippen LogP contribution >= 0.6 is 0 Å². The van der Waals surface area contributed by atoms with Crippen LogP contribution in [0.3, 0.4) is 0 Å². The number of hydrogen-bond acceptors (Lipinski definition) is 3. The quantitative estimate of drug-likeness (QED) is 0.737. The zero-order valence-corrected chi connectivity index (χ0v) is 9.86. The van der Waals surface area contributed by atoms with Crippen LogP contribution in [0.1, 0.15) is 40.0 Å². The molecular formula is C11H22N2O2. The van der Waals surface area contributed by atoms with E-state index in [9.17, 15) is 9.90 Å². The summed E-state index contributed by atoms with van der Waals surface area (Å²) >= 11 is 0. The van der Waals surface area contributed by atoms with Crippen molar-refractivity contribution in [3.05, 3.63) is 0 Å². The van der Waals surface area contributed by atoms with Crippen LogP contribution in [-0.2, 0) is 4.79 Å². The Morgan fingerprint density at radius 1 is 1.67 bits per heavy atom. The highest BCUT2D eigenvalue weighted by Gasteiger charge is 2.47. The normalized spacial score (nSPS) is 33.3. The molecule has 88 valence electrons. The first-order valence-electron chi connectivity index (χ1n) is 5.71. The Balaban J connectivity index is 2.93. The zero-order valence-electron chi connectivity index (χ0n) is 9.86. The average Bonchev–Trinajstić information content (AvgIpc) is 2.16. The van der Waals surface area contributed by atoms with E-state index in [-0.39, 0.29) is 6.04 Å². The largest absolute Gasteiger partial charge is 0.480 e. The number of carboxylic acid groups (broad SMARTS) is 1. The minimum Gasteiger partial charge on any atom is -0.480 e. The summed E-state index contributed by atoms with van der Waals surface area (Å²) in [6.07, 6.45) is 2.25. The van der Waals surface area contributed by atoms with E-state index in [0.717, 1.165) is 19.4 Å². The number of piperidine rings is 1. The number of carbonyl (C=O) groups is 1. The van der Waals surface area contributed by atoms with Crippen LogP contribution in [0.25, 0.3) is 0 Å². The van der Waals surface area contributed by atoms with Crippen LogP contribution < -0.4 is 5.73 Å². The highest BCUT2D eigenvalue weighted by Crippen LogP contribution is 2.29. The molecule has 0 aromatic heterocycles. The topological polar surface area (TPSA) is 66.6 Å². The van der Waals surface area contributed by atoms with Crippen molar-refractivity contribution in [3.63, 3.8) is 0 Å². The van der Waals surface area contributed by atoms with E-state index in [0.29, 0.717) is 12.5 Å². The Kier molecular flexibility index (Phi) is 3.73. The van der Waals surface area contributed by atoms with Gasteiger partial charge in [0.25, 0.3) is 0 Å². The molecule has 0 spiro atoms. The average molecular weight is 214 g/mol. The van der Waals surface area contributed by atoms with Crippen molar-refractivity contribution in [2.75, 3.05) is 6.54 Å². The molecule has 1 heterocycles. The predicted octanol–water partition coefficient (Wildman–Crippen LogP) is 1.05. The summed E-state index contributed by atoms with van der Waals surface area (Å²) in [5.74, 6) is -0.861. The van der Waals surface area contributed by atoms with Crippen LogP contribution in [0.5, 0.6) is 0 Å². The molecule has 0 aromatic rings. The molecule has 4 nitrogen and oxygen atoms in total. The summed E-state index contributed by atoms with van der Waals surface area (Å²) in [5, 5.41) is 9.25. The molecule has 15 heavy (non-hydrogen) atoms. The third-order valence-corrected chi connectivity index (χ3v) is 3.45. The number of likely N-dealkylation sites (tertiary alicyclic amines) is 1. The second-order valence-corrected chi connectivity index (χ2v) is 4.70. The van der Waals surface area contributed by atoms with Gasteiger partial charge in [0, 0.05) is 12.1 Å². The van der Waals surface area contributed by atoms with Crippen LogP contribution in [0.2, 0.25) is 0 Å². The van der Waals surface area contributed by atoms with E-state index in [1.165, 1.54) is 0 Å². The number of hydrogen-bond donors (Lipinski definition) is 2. The number of nitrogens with two attached hydrogens (primary N) is 1. The van der Waals surface area contributed by atoms with Gasteiger partial charge in [-0.25, -0.2) is 0 Å². The van der Waals surface area contributed by atoms with Gasteiger partial charge in [0.1, 0.15) is 5.54 Å². The third-order valence-electron chi connectivity index (χ3n) is 3.45. The molecule has 1 fully saturated rings. The minimum absolute atomic E-state index is 0.0382. The Hall–Kier alpha value is -0.610. The van der Waals surface area contributed by atoms with Gasteiger partial charge in [0.05, 0.1) is 0 Å². The number of aliphatic carboxylic acids is 1. The molecule has 0 aliphatic carbocycles. The Labute approximate surface area is 91.4 Å². The molecule has 1 saturated heterocycles. The second-order valence-electron chi connectivity index (χ2n) is 4.70. The molecule has 3 N–H and O–H groups in total. The first-order chi connectivity index (χ1) is 6.93. The summed E-state index contributed by atoms with van der Waals surface area (Å²) in [4.78, 5) is 13.5. The highest BCUT2D eigenvalue weighted by molar-refractivity contribution is 5.79. The van der Waals surface area contributed by atoms with Gasteiger partial charge in [-0.3, -0.25) is 9.69 Å². The summed E-state index contributed by atoms with van der Waals surface area (Å²) in [6, 6.07) is 0.321. The van der Waals surface area contributed by atoms with E-state index in [1.54, 1.807) is 0 Å². The lowest BCUT2D eigenvalue weighted by atomic mass is 9.80. The molecule has 1 rings (SSSR count). The van der Waals surface area contributed by atoms with Gasteiger partial charge in [0.15, 0.2) is 0 Å². The Morgan fingerprint density at radius 2 is 2.27 bits per heavy atom. The van der Waals surface area contributed by atoms with Crippen molar-refractivity contribution in [1.82, 2.24) is 4.90 Å². The summed E-state index contributed by atoms with van der Waals surface area (Å²) < 4.78 is 0. The summed E-state index contributed by atoms with van der Waals surface area (Å²) in [7, 11) is 0. The Bertz CT molecular complexity index is 243. The lowest BCUT2D eigenvalue weighted by Gasteiger charge is -2.47. The van der Waals surface area contributed by atoms with E-state index < -0.39 is 11.5 Å².